The Kier molecular flexibility index (Phi) is 18.0. The normalized spacial score (nSPS) is 13.1. The zero-order chi connectivity index (χ0) is 36.0. The summed E-state index contributed by atoms with van der Waals surface area (Å²) in [6.07, 6.45) is 23.4. The Morgan fingerprint density at radius 1 is 0.625 bits per heavy atom. The molecule has 0 saturated heterocycles. The van der Waals surface area contributed by atoms with Gasteiger partial charge in [-0.15, -0.1) is 5.10 Å². The summed E-state index contributed by atoms with van der Waals surface area (Å²) in [5, 5.41) is 17.5. The summed E-state index contributed by atoms with van der Waals surface area (Å²) >= 11 is 0. The number of phenolic OH excluding ortho intramolecular Hbond substituents is 1. The Hall–Kier alpha value is -1.14. The molecule has 0 spiro atoms. The minimum atomic E-state index is -0.200. The van der Waals surface area contributed by atoms with Crippen LogP contribution in [0.4, 0.5) is 0 Å². The number of hydrogen-bond donors (Lipinski definition) is 1. The van der Waals surface area contributed by atoms with Gasteiger partial charge in [0, 0.05) is 22.4 Å². The fourth-order valence-corrected chi connectivity index (χ4v) is 9.19. The summed E-state index contributed by atoms with van der Waals surface area (Å²) in [5.74, 6) is 2.28. The third kappa shape index (κ3) is 15.4. The molecular formula is C42H75N3OS2. The average Bonchev–Trinajstić information content (AvgIpc) is 3.39. The SMILES string of the molecule is CCCCCCCCCCCCCCCCCCSSc1nc(-c2cc(C(C)(C)C)c(O)c(C(C)(C)C)c2)nn1C(C)(C)CC(C)(C)C. The summed E-state index contributed by atoms with van der Waals surface area (Å²) < 4.78 is 2.18. The topological polar surface area (TPSA) is 50.9 Å². The molecule has 0 aliphatic rings. The maximum atomic E-state index is 11.3. The van der Waals surface area contributed by atoms with Gasteiger partial charge in [-0.1, -0.05) is 176 Å². The van der Waals surface area contributed by atoms with Crippen LogP contribution in [0.3, 0.4) is 0 Å². The van der Waals surface area contributed by atoms with Gasteiger partial charge in [0.25, 0.3) is 0 Å². The van der Waals surface area contributed by atoms with Crippen molar-refractivity contribution in [2.24, 2.45) is 5.41 Å². The lowest BCUT2D eigenvalue weighted by Gasteiger charge is -2.33. The molecule has 0 bridgehead atoms. The second-order valence-electron chi connectivity index (χ2n) is 18.3. The van der Waals surface area contributed by atoms with Gasteiger partial charge in [0.15, 0.2) is 11.0 Å². The molecule has 1 aromatic carbocycles. The predicted octanol–water partition coefficient (Wildman–Crippen LogP) is 14.4. The van der Waals surface area contributed by atoms with Crippen LogP contribution in [0.5, 0.6) is 5.75 Å². The van der Waals surface area contributed by atoms with E-state index in [1.807, 2.05) is 10.8 Å². The number of nitrogens with zero attached hydrogens (tertiary/aromatic N) is 3. The Labute approximate surface area is 305 Å². The van der Waals surface area contributed by atoms with Gasteiger partial charge >= 0.3 is 0 Å². The van der Waals surface area contributed by atoms with E-state index in [1.165, 1.54) is 103 Å². The number of phenols is 1. The lowest BCUT2D eigenvalue weighted by molar-refractivity contribution is 0.185. The molecule has 0 saturated carbocycles. The third-order valence-corrected chi connectivity index (χ3v) is 11.6. The summed E-state index contributed by atoms with van der Waals surface area (Å²) in [6.45, 7) is 26.7. The molecule has 4 nitrogen and oxygen atoms in total. The van der Waals surface area contributed by atoms with Gasteiger partial charge in [-0.05, 0) is 65.9 Å². The predicted molar refractivity (Wildman–Crippen MR) is 216 cm³/mol. The van der Waals surface area contributed by atoms with E-state index in [-0.39, 0.29) is 21.8 Å². The minimum Gasteiger partial charge on any atom is -0.507 e. The van der Waals surface area contributed by atoms with Gasteiger partial charge < -0.3 is 5.11 Å². The van der Waals surface area contributed by atoms with Crippen molar-refractivity contribution in [3.63, 3.8) is 0 Å². The van der Waals surface area contributed by atoms with Gasteiger partial charge in [0.1, 0.15) is 5.75 Å². The van der Waals surface area contributed by atoms with Crippen LogP contribution >= 0.6 is 21.6 Å². The van der Waals surface area contributed by atoms with Gasteiger partial charge in [0.2, 0.25) is 0 Å². The maximum Gasteiger partial charge on any atom is 0.198 e. The first-order chi connectivity index (χ1) is 22.4. The van der Waals surface area contributed by atoms with Crippen LogP contribution < -0.4 is 0 Å². The first-order valence-corrected chi connectivity index (χ1v) is 21.8. The number of benzene rings is 1. The van der Waals surface area contributed by atoms with E-state index in [1.54, 1.807) is 10.8 Å². The highest BCUT2D eigenvalue weighted by molar-refractivity contribution is 8.76. The fraction of sp³-hybridized carbons (Fsp3) is 0.810. The highest BCUT2D eigenvalue weighted by atomic mass is 33.1. The van der Waals surface area contributed by atoms with Crippen LogP contribution in [-0.2, 0) is 16.4 Å². The molecule has 6 heteroatoms. The number of hydrogen-bond acceptors (Lipinski definition) is 5. The van der Waals surface area contributed by atoms with Gasteiger partial charge in [-0.2, -0.15) is 0 Å². The van der Waals surface area contributed by atoms with Crippen molar-refractivity contribution in [2.75, 3.05) is 5.75 Å². The summed E-state index contributed by atoms with van der Waals surface area (Å²) in [5.41, 5.74) is 2.46. The van der Waals surface area contributed by atoms with E-state index in [0.717, 1.165) is 39.8 Å². The van der Waals surface area contributed by atoms with E-state index >= 15 is 0 Å². The quantitative estimate of drug-likeness (QED) is 0.0978. The molecule has 1 heterocycles. The van der Waals surface area contributed by atoms with Crippen LogP contribution in [0.1, 0.15) is 203 Å². The molecule has 0 unspecified atom stereocenters. The highest BCUT2D eigenvalue weighted by Gasteiger charge is 2.33. The van der Waals surface area contributed by atoms with E-state index in [4.69, 9.17) is 10.1 Å². The molecule has 0 radical (unpaired) electrons. The number of aromatic nitrogens is 3. The smallest absolute Gasteiger partial charge is 0.198 e. The standard InChI is InChI=1S/C42H75N3OS2/c1-13-14-15-16-17-18-19-20-21-22-23-24-25-26-27-28-29-47-48-38-43-37(44-45(38)42(11,12)32-39(2,3)4)33-30-34(40(5,6)7)36(46)35(31-33)41(8,9)10/h30-31,46H,13-29,32H2,1-12H3. The van der Waals surface area contributed by atoms with Crippen LogP contribution in [0.25, 0.3) is 11.4 Å². The molecule has 0 amide bonds. The zero-order valence-corrected chi connectivity index (χ0v) is 35.1. The first-order valence-electron chi connectivity index (χ1n) is 19.5. The number of rotatable bonds is 22. The monoisotopic (exact) mass is 702 g/mol. The molecule has 48 heavy (non-hydrogen) atoms. The molecule has 276 valence electrons. The molecule has 2 aromatic rings. The Morgan fingerprint density at radius 3 is 1.44 bits per heavy atom. The van der Waals surface area contributed by atoms with Crippen molar-refractivity contribution in [3.8, 4) is 17.1 Å². The number of aromatic hydroxyl groups is 1. The lowest BCUT2D eigenvalue weighted by atomic mass is 9.78. The summed E-state index contributed by atoms with van der Waals surface area (Å²) in [4.78, 5) is 5.18. The molecule has 1 aromatic heterocycles. The number of unbranched alkanes of at least 4 members (excludes halogenated alkanes) is 15. The third-order valence-electron chi connectivity index (χ3n) is 9.31. The summed E-state index contributed by atoms with van der Waals surface area (Å²) in [6, 6.07) is 4.22. The molecule has 0 aliphatic heterocycles. The molecule has 0 fully saturated rings. The van der Waals surface area contributed by atoms with E-state index in [2.05, 4.69) is 99.9 Å². The fourth-order valence-electron chi connectivity index (χ4n) is 6.95. The average molecular weight is 702 g/mol. The van der Waals surface area contributed by atoms with Crippen LogP contribution in [0, 0.1) is 5.41 Å². The van der Waals surface area contributed by atoms with Crippen LogP contribution in [-0.4, -0.2) is 25.6 Å². The van der Waals surface area contributed by atoms with Crippen molar-refractivity contribution >= 4 is 21.6 Å². The largest absolute Gasteiger partial charge is 0.507 e. The second kappa shape index (κ2) is 20.0. The van der Waals surface area contributed by atoms with Gasteiger partial charge in [-0.3, -0.25) is 0 Å². The molecule has 0 atom stereocenters. The molecule has 1 N–H and O–H groups in total. The van der Waals surface area contributed by atoms with Crippen LogP contribution in [0.15, 0.2) is 17.3 Å². The van der Waals surface area contributed by atoms with Crippen molar-refractivity contribution < 1.29 is 5.11 Å². The maximum absolute atomic E-state index is 11.3. The van der Waals surface area contributed by atoms with Gasteiger partial charge in [-0.25, -0.2) is 9.67 Å². The highest BCUT2D eigenvalue weighted by Crippen LogP contribution is 2.43. The summed E-state index contributed by atoms with van der Waals surface area (Å²) in [7, 11) is 3.70. The van der Waals surface area contributed by atoms with Crippen LogP contribution in [0.2, 0.25) is 0 Å². The second-order valence-corrected chi connectivity index (χ2v) is 20.7. The van der Waals surface area contributed by atoms with Gasteiger partial charge in [0.05, 0.1) is 5.54 Å². The Bertz CT molecular complexity index is 1160. The zero-order valence-electron chi connectivity index (χ0n) is 33.5. The van der Waals surface area contributed by atoms with E-state index < -0.39 is 0 Å². The first kappa shape index (κ1) is 43.0. The minimum absolute atomic E-state index is 0.162. The van der Waals surface area contributed by atoms with E-state index in [0.29, 0.717) is 5.75 Å². The molecular weight excluding hydrogens is 627 g/mol. The molecule has 0 aliphatic carbocycles. The van der Waals surface area contributed by atoms with Crippen molar-refractivity contribution in [1.29, 1.82) is 0 Å². The Morgan fingerprint density at radius 2 is 1.04 bits per heavy atom. The Balaban J connectivity index is 1.94. The lowest BCUT2D eigenvalue weighted by Crippen LogP contribution is -2.33. The molecule has 2 rings (SSSR count). The van der Waals surface area contributed by atoms with Crippen molar-refractivity contribution in [3.05, 3.63) is 23.3 Å². The van der Waals surface area contributed by atoms with Crippen molar-refractivity contribution in [2.45, 2.75) is 214 Å². The van der Waals surface area contributed by atoms with Crippen molar-refractivity contribution in [1.82, 2.24) is 14.8 Å². The van der Waals surface area contributed by atoms with E-state index in [9.17, 15) is 5.11 Å².